The number of rotatable bonds is 1. The lowest BCUT2D eigenvalue weighted by Crippen LogP contribution is -2.10. The first-order valence-corrected chi connectivity index (χ1v) is 9.03. The fraction of sp³-hybridized carbons (Fsp3) is 0.167. The van der Waals surface area contributed by atoms with E-state index in [-0.39, 0.29) is 5.41 Å². The van der Waals surface area contributed by atoms with Crippen molar-refractivity contribution in [1.29, 1.82) is 0 Å². The third kappa shape index (κ3) is 2.92. The monoisotopic (exact) mass is 344 g/mol. The lowest BCUT2D eigenvalue weighted by molar-refractivity contribution is 0.590. The number of halogens is 1. The Labute approximate surface area is 154 Å². The molecule has 0 amide bonds. The first kappa shape index (κ1) is 16.2. The van der Waals surface area contributed by atoms with Gasteiger partial charge in [-0.05, 0) is 56.3 Å². The second kappa shape index (κ2) is 5.89. The standard InChI is InChI=1S/C24H21Cl/c1-24(2,3)20-11-8-16(9-12-20)23-21-15-18-7-5-4-6-17(18)14-19(21)10-13-22(23)25/h4-15H,1-3H3. The molecular weight excluding hydrogens is 324 g/mol. The Morgan fingerprint density at radius 3 is 1.96 bits per heavy atom. The molecule has 0 unspecified atom stereocenters. The Bertz CT molecular complexity index is 1070. The third-order valence-corrected chi connectivity index (χ3v) is 5.19. The summed E-state index contributed by atoms with van der Waals surface area (Å²) in [6.45, 7) is 6.71. The van der Waals surface area contributed by atoms with E-state index in [1.165, 1.54) is 32.7 Å². The molecule has 0 atom stereocenters. The Morgan fingerprint density at radius 2 is 1.32 bits per heavy atom. The molecule has 0 aliphatic rings. The summed E-state index contributed by atoms with van der Waals surface area (Å²) in [5, 5.41) is 5.72. The fourth-order valence-electron chi connectivity index (χ4n) is 3.42. The Hall–Kier alpha value is -2.31. The molecule has 0 aliphatic carbocycles. The van der Waals surface area contributed by atoms with Crippen LogP contribution in [0.15, 0.2) is 72.8 Å². The first-order valence-electron chi connectivity index (χ1n) is 8.65. The minimum atomic E-state index is 0.150. The van der Waals surface area contributed by atoms with E-state index in [0.717, 1.165) is 10.6 Å². The number of hydrogen-bond donors (Lipinski definition) is 0. The molecule has 0 spiro atoms. The molecule has 0 bridgehead atoms. The second-order valence-electron chi connectivity index (χ2n) is 7.67. The molecule has 124 valence electrons. The summed E-state index contributed by atoms with van der Waals surface area (Å²) < 4.78 is 0. The molecule has 0 N–H and O–H groups in total. The maximum Gasteiger partial charge on any atom is 0.0490 e. The molecule has 0 nitrogen and oxygen atoms in total. The summed E-state index contributed by atoms with van der Waals surface area (Å²) in [5.41, 5.74) is 3.76. The van der Waals surface area contributed by atoms with Gasteiger partial charge in [-0.1, -0.05) is 87.0 Å². The maximum absolute atomic E-state index is 6.62. The van der Waals surface area contributed by atoms with Crippen LogP contribution in [-0.4, -0.2) is 0 Å². The molecule has 4 rings (SSSR count). The normalized spacial score (nSPS) is 12.0. The summed E-state index contributed by atoms with van der Waals surface area (Å²) in [6, 6.07) is 25.9. The van der Waals surface area contributed by atoms with E-state index >= 15 is 0 Å². The van der Waals surface area contributed by atoms with Crippen LogP contribution in [0.1, 0.15) is 26.3 Å². The maximum atomic E-state index is 6.62. The van der Waals surface area contributed by atoms with E-state index in [2.05, 4.69) is 87.5 Å². The highest BCUT2D eigenvalue weighted by atomic mass is 35.5. The van der Waals surface area contributed by atoms with Crippen LogP contribution in [0.4, 0.5) is 0 Å². The van der Waals surface area contributed by atoms with Crippen molar-refractivity contribution in [2.45, 2.75) is 26.2 Å². The van der Waals surface area contributed by atoms with Gasteiger partial charge in [0.05, 0.1) is 0 Å². The van der Waals surface area contributed by atoms with Crippen LogP contribution in [0, 0.1) is 0 Å². The van der Waals surface area contributed by atoms with E-state index in [4.69, 9.17) is 11.6 Å². The summed E-state index contributed by atoms with van der Waals surface area (Å²) in [4.78, 5) is 0. The van der Waals surface area contributed by atoms with E-state index in [1.54, 1.807) is 0 Å². The van der Waals surface area contributed by atoms with Crippen LogP contribution in [0.2, 0.25) is 5.02 Å². The molecule has 1 heteroatoms. The highest BCUT2D eigenvalue weighted by Crippen LogP contribution is 2.38. The lowest BCUT2D eigenvalue weighted by Gasteiger charge is -2.19. The summed E-state index contributed by atoms with van der Waals surface area (Å²) in [5.74, 6) is 0. The molecule has 0 aromatic heterocycles. The van der Waals surface area contributed by atoms with Crippen LogP contribution < -0.4 is 0 Å². The van der Waals surface area contributed by atoms with Gasteiger partial charge in [-0.25, -0.2) is 0 Å². The predicted molar refractivity (Wildman–Crippen MR) is 111 cm³/mol. The number of benzene rings is 4. The largest absolute Gasteiger partial charge is 0.0836 e. The lowest BCUT2D eigenvalue weighted by atomic mass is 9.86. The van der Waals surface area contributed by atoms with Gasteiger partial charge in [0, 0.05) is 10.6 Å². The SMILES string of the molecule is CC(C)(C)c1ccc(-c2c(Cl)ccc3cc4ccccc4cc23)cc1. The minimum Gasteiger partial charge on any atom is -0.0836 e. The average Bonchev–Trinajstić information content (AvgIpc) is 2.59. The summed E-state index contributed by atoms with van der Waals surface area (Å²) in [6.07, 6.45) is 0. The van der Waals surface area contributed by atoms with E-state index in [1.807, 2.05) is 6.07 Å². The van der Waals surface area contributed by atoms with Gasteiger partial charge in [-0.2, -0.15) is 0 Å². The van der Waals surface area contributed by atoms with Crippen LogP contribution in [-0.2, 0) is 5.41 Å². The molecule has 0 aliphatic heterocycles. The molecule has 0 saturated carbocycles. The summed E-state index contributed by atoms with van der Waals surface area (Å²) >= 11 is 6.62. The quantitative estimate of drug-likeness (QED) is 0.312. The van der Waals surface area contributed by atoms with Gasteiger partial charge in [0.1, 0.15) is 0 Å². The van der Waals surface area contributed by atoms with Gasteiger partial charge in [0.15, 0.2) is 0 Å². The van der Waals surface area contributed by atoms with Gasteiger partial charge in [0.2, 0.25) is 0 Å². The molecule has 25 heavy (non-hydrogen) atoms. The summed E-state index contributed by atoms with van der Waals surface area (Å²) in [7, 11) is 0. The van der Waals surface area contributed by atoms with Crippen molar-refractivity contribution < 1.29 is 0 Å². The van der Waals surface area contributed by atoms with Crippen molar-refractivity contribution in [3.8, 4) is 11.1 Å². The third-order valence-electron chi connectivity index (χ3n) is 4.87. The molecule has 0 heterocycles. The van der Waals surface area contributed by atoms with Crippen molar-refractivity contribution in [1.82, 2.24) is 0 Å². The van der Waals surface area contributed by atoms with Gasteiger partial charge >= 0.3 is 0 Å². The Kier molecular flexibility index (Phi) is 3.81. The second-order valence-corrected chi connectivity index (χ2v) is 8.08. The fourth-order valence-corrected chi connectivity index (χ4v) is 3.69. The van der Waals surface area contributed by atoms with Gasteiger partial charge < -0.3 is 0 Å². The highest BCUT2D eigenvalue weighted by molar-refractivity contribution is 6.35. The van der Waals surface area contributed by atoms with E-state index < -0.39 is 0 Å². The first-order chi connectivity index (χ1) is 11.9. The molecular formula is C24H21Cl. The van der Waals surface area contributed by atoms with Crippen molar-refractivity contribution in [3.63, 3.8) is 0 Å². The number of fused-ring (bicyclic) bond motifs is 2. The predicted octanol–water partition coefficient (Wildman–Crippen LogP) is 7.61. The van der Waals surface area contributed by atoms with Crippen LogP contribution in [0.25, 0.3) is 32.7 Å². The zero-order valence-electron chi connectivity index (χ0n) is 14.8. The molecule has 4 aromatic carbocycles. The molecule has 0 saturated heterocycles. The van der Waals surface area contributed by atoms with E-state index in [0.29, 0.717) is 0 Å². The van der Waals surface area contributed by atoms with Gasteiger partial charge in [-0.15, -0.1) is 0 Å². The van der Waals surface area contributed by atoms with Crippen LogP contribution >= 0.6 is 11.6 Å². The molecule has 4 aromatic rings. The van der Waals surface area contributed by atoms with E-state index in [9.17, 15) is 0 Å². The van der Waals surface area contributed by atoms with Crippen molar-refractivity contribution in [2.24, 2.45) is 0 Å². The highest BCUT2D eigenvalue weighted by Gasteiger charge is 2.15. The molecule has 0 radical (unpaired) electrons. The van der Waals surface area contributed by atoms with Crippen LogP contribution in [0.3, 0.4) is 0 Å². The van der Waals surface area contributed by atoms with Crippen molar-refractivity contribution >= 4 is 33.1 Å². The minimum absolute atomic E-state index is 0.150. The van der Waals surface area contributed by atoms with Crippen molar-refractivity contribution in [2.75, 3.05) is 0 Å². The Morgan fingerprint density at radius 1 is 0.680 bits per heavy atom. The zero-order chi connectivity index (χ0) is 17.6. The number of hydrogen-bond acceptors (Lipinski definition) is 0. The zero-order valence-corrected chi connectivity index (χ0v) is 15.6. The van der Waals surface area contributed by atoms with Gasteiger partial charge in [-0.3, -0.25) is 0 Å². The van der Waals surface area contributed by atoms with Gasteiger partial charge in [0.25, 0.3) is 0 Å². The average molecular weight is 345 g/mol. The molecule has 0 fully saturated rings. The Balaban J connectivity index is 1.97. The van der Waals surface area contributed by atoms with Crippen molar-refractivity contribution in [3.05, 3.63) is 83.4 Å². The van der Waals surface area contributed by atoms with Crippen LogP contribution in [0.5, 0.6) is 0 Å². The topological polar surface area (TPSA) is 0 Å². The smallest absolute Gasteiger partial charge is 0.0490 e.